The van der Waals surface area contributed by atoms with Crippen molar-refractivity contribution in [3.63, 3.8) is 0 Å². The van der Waals surface area contributed by atoms with Crippen LogP contribution >= 0.6 is 0 Å². The molecule has 1 aliphatic heterocycles. The Morgan fingerprint density at radius 1 is 1.10 bits per heavy atom. The zero-order valence-electron chi connectivity index (χ0n) is 16.2. The van der Waals surface area contributed by atoms with Crippen molar-refractivity contribution in [2.75, 3.05) is 13.1 Å². The maximum absolute atomic E-state index is 13.3. The van der Waals surface area contributed by atoms with E-state index in [9.17, 15) is 22.0 Å². The van der Waals surface area contributed by atoms with E-state index in [-0.39, 0.29) is 23.0 Å². The third kappa shape index (κ3) is 5.00. The van der Waals surface area contributed by atoms with Gasteiger partial charge in [0.2, 0.25) is 10.0 Å². The molecule has 1 fully saturated rings. The van der Waals surface area contributed by atoms with Gasteiger partial charge in [-0.25, -0.2) is 17.2 Å². The van der Waals surface area contributed by atoms with Crippen molar-refractivity contribution >= 4 is 15.9 Å². The highest BCUT2D eigenvalue weighted by Gasteiger charge is 2.33. The van der Waals surface area contributed by atoms with Crippen LogP contribution in [0.1, 0.15) is 41.6 Å². The maximum Gasteiger partial charge on any atom is 0.251 e. The molecule has 1 N–H and O–H groups in total. The van der Waals surface area contributed by atoms with Gasteiger partial charge in [0.05, 0.1) is 4.90 Å². The summed E-state index contributed by atoms with van der Waals surface area (Å²) >= 11 is 0. The van der Waals surface area contributed by atoms with E-state index in [2.05, 4.69) is 5.32 Å². The standard InChI is InChI=1S/C21H24F2N2O3S/c1-15-5-8-18(9-6-15)29(27,28)25-13-3-2-4-17(25)11-12-24-21(26)16-7-10-19(22)20(23)14-16/h5-10,14,17H,2-4,11-13H2,1H3,(H,24,26). The van der Waals surface area contributed by atoms with Gasteiger partial charge < -0.3 is 5.32 Å². The lowest BCUT2D eigenvalue weighted by Gasteiger charge is -2.34. The highest BCUT2D eigenvalue weighted by atomic mass is 32.2. The molecule has 29 heavy (non-hydrogen) atoms. The number of rotatable bonds is 6. The lowest BCUT2D eigenvalue weighted by Crippen LogP contribution is -2.45. The molecule has 3 rings (SSSR count). The van der Waals surface area contributed by atoms with Gasteiger partial charge in [-0.2, -0.15) is 4.31 Å². The summed E-state index contributed by atoms with van der Waals surface area (Å²) < 4.78 is 53.9. The summed E-state index contributed by atoms with van der Waals surface area (Å²) in [4.78, 5) is 12.4. The predicted octanol–water partition coefficient (Wildman–Crippen LogP) is 3.64. The molecule has 2 aromatic carbocycles. The number of piperidine rings is 1. The molecule has 0 saturated carbocycles. The van der Waals surface area contributed by atoms with E-state index in [0.717, 1.165) is 30.5 Å². The Labute approximate surface area is 169 Å². The third-order valence-electron chi connectivity index (χ3n) is 5.15. The van der Waals surface area contributed by atoms with Crippen LogP contribution in [0.25, 0.3) is 0 Å². The fraction of sp³-hybridized carbons (Fsp3) is 0.381. The second kappa shape index (κ2) is 9.00. The Morgan fingerprint density at radius 3 is 2.52 bits per heavy atom. The minimum absolute atomic E-state index is 0.0247. The van der Waals surface area contributed by atoms with Crippen molar-refractivity contribution in [1.29, 1.82) is 0 Å². The van der Waals surface area contributed by atoms with Crippen LogP contribution < -0.4 is 5.32 Å². The molecular weight excluding hydrogens is 398 g/mol. The fourth-order valence-electron chi connectivity index (χ4n) is 3.52. The summed E-state index contributed by atoms with van der Waals surface area (Å²) in [5.41, 5.74) is 1.01. The van der Waals surface area contributed by atoms with E-state index < -0.39 is 27.6 Å². The van der Waals surface area contributed by atoms with Crippen LogP contribution in [0, 0.1) is 18.6 Å². The van der Waals surface area contributed by atoms with Crippen molar-refractivity contribution in [2.24, 2.45) is 0 Å². The minimum Gasteiger partial charge on any atom is -0.352 e. The number of hydrogen-bond acceptors (Lipinski definition) is 3. The molecule has 1 aliphatic rings. The largest absolute Gasteiger partial charge is 0.352 e. The van der Waals surface area contributed by atoms with Gasteiger partial charge in [-0.05, 0) is 56.5 Å². The summed E-state index contributed by atoms with van der Waals surface area (Å²) in [5, 5.41) is 2.66. The summed E-state index contributed by atoms with van der Waals surface area (Å²) in [6, 6.07) is 9.51. The van der Waals surface area contributed by atoms with Crippen LogP contribution in [0.5, 0.6) is 0 Å². The number of carbonyl (C=O) groups is 1. The highest BCUT2D eigenvalue weighted by Crippen LogP contribution is 2.27. The SMILES string of the molecule is Cc1ccc(S(=O)(=O)N2CCCCC2CCNC(=O)c2ccc(F)c(F)c2)cc1. The topological polar surface area (TPSA) is 66.5 Å². The van der Waals surface area contributed by atoms with Crippen molar-refractivity contribution in [3.8, 4) is 0 Å². The van der Waals surface area contributed by atoms with Gasteiger partial charge in [-0.1, -0.05) is 24.1 Å². The van der Waals surface area contributed by atoms with Crippen molar-refractivity contribution < 1.29 is 22.0 Å². The zero-order chi connectivity index (χ0) is 21.0. The molecule has 5 nitrogen and oxygen atoms in total. The summed E-state index contributed by atoms with van der Waals surface area (Å²) in [7, 11) is -3.61. The summed E-state index contributed by atoms with van der Waals surface area (Å²) in [6.07, 6.45) is 2.87. The quantitative estimate of drug-likeness (QED) is 0.773. The van der Waals surface area contributed by atoms with Crippen LogP contribution in [0.4, 0.5) is 8.78 Å². The van der Waals surface area contributed by atoms with Crippen LogP contribution in [0.3, 0.4) is 0 Å². The van der Waals surface area contributed by atoms with Crippen LogP contribution in [0.15, 0.2) is 47.4 Å². The molecule has 0 spiro atoms. The minimum atomic E-state index is -3.61. The van der Waals surface area contributed by atoms with E-state index in [1.165, 1.54) is 10.4 Å². The lowest BCUT2D eigenvalue weighted by molar-refractivity contribution is 0.0949. The van der Waals surface area contributed by atoms with E-state index in [1.807, 2.05) is 6.92 Å². The number of carbonyl (C=O) groups excluding carboxylic acids is 1. The van der Waals surface area contributed by atoms with E-state index in [4.69, 9.17) is 0 Å². The molecule has 0 radical (unpaired) electrons. The number of nitrogens with zero attached hydrogens (tertiary/aromatic N) is 1. The van der Waals surface area contributed by atoms with Gasteiger partial charge in [0.25, 0.3) is 5.91 Å². The molecular formula is C21H24F2N2O3S. The molecule has 0 aromatic heterocycles. The van der Waals surface area contributed by atoms with Crippen LogP contribution in [-0.4, -0.2) is 37.8 Å². The first-order valence-electron chi connectivity index (χ1n) is 9.61. The Hall–Kier alpha value is -2.32. The maximum atomic E-state index is 13.3. The summed E-state index contributed by atoms with van der Waals surface area (Å²) in [5.74, 6) is -2.62. The Bertz CT molecular complexity index is 978. The van der Waals surface area contributed by atoms with Gasteiger partial charge in [-0.15, -0.1) is 0 Å². The number of nitrogens with one attached hydrogen (secondary N) is 1. The molecule has 1 heterocycles. The van der Waals surface area contributed by atoms with Crippen molar-refractivity contribution in [3.05, 3.63) is 65.2 Å². The van der Waals surface area contributed by atoms with Gasteiger partial charge in [0, 0.05) is 24.7 Å². The van der Waals surface area contributed by atoms with Gasteiger partial charge in [0.1, 0.15) is 0 Å². The Balaban J connectivity index is 1.65. The van der Waals surface area contributed by atoms with Crippen molar-refractivity contribution in [2.45, 2.75) is 43.5 Å². The molecule has 156 valence electrons. The fourth-order valence-corrected chi connectivity index (χ4v) is 5.24. The molecule has 2 aromatic rings. The van der Waals surface area contributed by atoms with Gasteiger partial charge >= 0.3 is 0 Å². The normalized spacial score (nSPS) is 17.8. The average molecular weight is 422 g/mol. The monoisotopic (exact) mass is 422 g/mol. The highest BCUT2D eigenvalue weighted by molar-refractivity contribution is 7.89. The smallest absolute Gasteiger partial charge is 0.251 e. The summed E-state index contributed by atoms with van der Waals surface area (Å²) in [6.45, 7) is 2.58. The molecule has 0 bridgehead atoms. The zero-order valence-corrected chi connectivity index (χ0v) is 17.0. The number of sulfonamides is 1. The Kier molecular flexibility index (Phi) is 6.64. The Morgan fingerprint density at radius 2 is 1.83 bits per heavy atom. The van der Waals surface area contributed by atoms with E-state index >= 15 is 0 Å². The first kappa shape index (κ1) is 21.4. The second-order valence-corrected chi connectivity index (χ2v) is 9.14. The lowest BCUT2D eigenvalue weighted by atomic mass is 10.0. The third-order valence-corrected chi connectivity index (χ3v) is 7.11. The molecule has 1 amide bonds. The molecule has 1 atom stereocenters. The number of aryl methyl sites for hydroxylation is 1. The van der Waals surface area contributed by atoms with Crippen LogP contribution in [-0.2, 0) is 10.0 Å². The van der Waals surface area contributed by atoms with Gasteiger partial charge in [-0.3, -0.25) is 4.79 Å². The number of amides is 1. The molecule has 8 heteroatoms. The van der Waals surface area contributed by atoms with E-state index in [0.29, 0.717) is 19.4 Å². The van der Waals surface area contributed by atoms with Crippen LogP contribution in [0.2, 0.25) is 0 Å². The van der Waals surface area contributed by atoms with Crippen molar-refractivity contribution in [1.82, 2.24) is 9.62 Å². The molecule has 0 aliphatic carbocycles. The first-order valence-corrected chi connectivity index (χ1v) is 11.0. The molecule has 1 saturated heterocycles. The first-order chi connectivity index (χ1) is 13.8. The number of hydrogen-bond donors (Lipinski definition) is 1. The average Bonchev–Trinajstić information content (AvgIpc) is 2.70. The number of benzene rings is 2. The number of halogens is 2. The van der Waals surface area contributed by atoms with E-state index in [1.54, 1.807) is 24.3 Å². The predicted molar refractivity (Wildman–Crippen MR) is 106 cm³/mol. The van der Waals surface area contributed by atoms with Gasteiger partial charge in [0.15, 0.2) is 11.6 Å². The molecule has 1 unspecified atom stereocenters. The second-order valence-electron chi connectivity index (χ2n) is 7.25.